The van der Waals surface area contributed by atoms with Crippen LogP contribution < -0.4 is 0 Å². The molecule has 0 bridgehead atoms. The maximum atomic E-state index is 6.09. The highest BCUT2D eigenvalue weighted by Gasteiger charge is 2.26. The second-order valence-electron chi connectivity index (χ2n) is 9.55. The van der Waals surface area contributed by atoms with Gasteiger partial charge in [-0.25, -0.2) is 4.99 Å². The fourth-order valence-corrected chi connectivity index (χ4v) is 5.68. The minimum atomic E-state index is 0.0886. The molecule has 35 heavy (non-hydrogen) atoms. The van der Waals surface area contributed by atoms with Gasteiger partial charge in [-0.3, -0.25) is 4.90 Å². The minimum Gasteiger partial charge on any atom is -0.477 e. The van der Waals surface area contributed by atoms with E-state index in [0.717, 1.165) is 19.0 Å². The summed E-state index contributed by atoms with van der Waals surface area (Å²) >= 11 is 0. The molecule has 0 radical (unpaired) electrons. The summed E-state index contributed by atoms with van der Waals surface area (Å²) in [6.07, 6.45) is 0. The molecule has 3 nitrogen and oxygen atoms in total. The Kier molecular flexibility index (Phi) is 4.88. The van der Waals surface area contributed by atoms with Crippen LogP contribution in [0.15, 0.2) is 108 Å². The van der Waals surface area contributed by atoms with E-state index in [-0.39, 0.29) is 6.04 Å². The predicted octanol–water partition coefficient (Wildman–Crippen LogP) is 7.15. The average Bonchev–Trinajstić information content (AvgIpc) is 3.30. The van der Waals surface area contributed by atoms with E-state index in [1.807, 2.05) is 6.07 Å². The smallest absolute Gasteiger partial charge is 0.198 e. The Morgan fingerprint density at radius 2 is 1.23 bits per heavy atom. The molecular formula is C32H26N2O. The zero-order valence-corrected chi connectivity index (χ0v) is 19.5. The lowest BCUT2D eigenvalue weighted by Gasteiger charge is -2.20. The highest BCUT2D eigenvalue weighted by molar-refractivity contribution is 6.08. The van der Waals surface area contributed by atoms with Gasteiger partial charge in [-0.2, -0.15) is 0 Å². The molecule has 0 spiro atoms. The summed E-state index contributed by atoms with van der Waals surface area (Å²) in [5.41, 5.74) is 6.67. The molecule has 2 aliphatic heterocycles. The van der Waals surface area contributed by atoms with Crippen molar-refractivity contribution in [2.75, 3.05) is 13.2 Å². The van der Waals surface area contributed by atoms with E-state index in [9.17, 15) is 0 Å². The molecular weight excluding hydrogens is 428 g/mol. The molecule has 0 aromatic heterocycles. The topological polar surface area (TPSA) is 24.8 Å². The van der Waals surface area contributed by atoms with E-state index >= 15 is 0 Å². The van der Waals surface area contributed by atoms with Crippen molar-refractivity contribution in [2.24, 2.45) is 4.99 Å². The number of fused-ring (bicyclic) bond motifs is 7. The van der Waals surface area contributed by atoms with Crippen molar-refractivity contribution >= 4 is 27.4 Å². The molecule has 2 aliphatic rings. The number of nitrogens with zero attached hydrogens (tertiary/aromatic N) is 2. The van der Waals surface area contributed by atoms with Gasteiger partial charge in [0.2, 0.25) is 0 Å². The molecule has 0 N–H and O–H groups in total. The van der Waals surface area contributed by atoms with Crippen molar-refractivity contribution < 1.29 is 4.74 Å². The van der Waals surface area contributed by atoms with Gasteiger partial charge in [-0.1, -0.05) is 103 Å². The lowest BCUT2D eigenvalue weighted by Crippen LogP contribution is -2.28. The van der Waals surface area contributed by atoms with Crippen molar-refractivity contribution in [1.29, 1.82) is 0 Å². The van der Waals surface area contributed by atoms with Crippen molar-refractivity contribution in [2.45, 2.75) is 19.1 Å². The monoisotopic (exact) mass is 454 g/mol. The minimum absolute atomic E-state index is 0.0886. The van der Waals surface area contributed by atoms with Crippen LogP contribution in [0.2, 0.25) is 0 Å². The molecule has 0 unspecified atom stereocenters. The predicted molar refractivity (Wildman–Crippen MR) is 144 cm³/mol. The highest BCUT2D eigenvalue weighted by atomic mass is 16.5. The van der Waals surface area contributed by atoms with E-state index in [0.29, 0.717) is 13.2 Å². The van der Waals surface area contributed by atoms with Crippen LogP contribution in [0.3, 0.4) is 0 Å². The van der Waals surface area contributed by atoms with Gasteiger partial charge < -0.3 is 4.74 Å². The molecule has 0 aliphatic carbocycles. The molecule has 0 saturated carbocycles. The van der Waals surface area contributed by atoms with Gasteiger partial charge in [0.1, 0.15) is 12.6 Å². The molecule has 3 heteroatoms. The molecule has 5 aromatic rings. The lowest BCUT2D eigenvalue weighted by molar-refractivity contribution is 0.256. The number of benzene rings is 5. The first kappa shape index (κ1) is 20.4. The van der Waals surface area contributed by atoms with Crippen LogP contribution in [-0.2, 0) is 17.8 Å². The molecule has 0 saturated heterocycles. The van der Waals surface area contributed by atoms with E-state index in [4.69, 9.17) is 9.73 Å². The summed E-state index contributed by atoms with van der Waals surface area (Å²) in [4.78, 5) is 7.42. The normalized spacial score (nSPS) is 17.5. The van der Waals surface area contributed by atoms with Gasteiger partial charge >= 0.3 is 0 Å². The first-order valence-corrected chi connectivity index (χ1v) is 12.3. The number of ether oxygens (including phenoxy) is 1. The van der Waals surface area contributed by atoms with E-state index in [1.54, 1.807) is 0 Å². The molecule has 170 valence electrons. The zero-order valence-electron chi connectivity index (χ0n) is 19.5. The van der Waals surface area contributed by atoms with Crippen molar-refractivity contribution in [3.8, 4) is 11.1 Å². The molecule has 7 rings (SSSR count). The van der Waals surface area contributed by atoms with Crippen LogP contribution in [-0.4, -0.2) is 23.9 Å². The average molecular weight is 455 g/mol. The summed E-state index contributed by atoms with van der Waals surface area (Å²) in [6, 6.07) is 37.2. The summed E-state index contributed by atoms with van der Waals surface area (Å²) in [6.45, 7) is 3.06. The van der Waals surface area contributed by atoms with Crippen molar-refractivity contribution in [3.05, 3.63) is 120 Å². The summed E-state index contributed by atoms with van der Waals surface area (Å²) < 4.78 is 6.09. The molecule has 0 amide bonds. The Hall–Kier alpha value is -3.95. The van der Waals surface area contributed by atoms with Crippen molar-refractivity contribution in [1.82, 2.24) is 4.90 Å². The summed E-state index contributed by atoms with van der Waals surface area (Å²) in [5.74, 6) is 0.838. The second kappa shape index (κ2) is 8.37. The zero-order chi connectivity index (χ0) is 23.2. The van der Waals surface area contributed by atoms with Crippen LogP contribution >= 0.6 is 0 Å². The van der Waals surface area contributed by atoms with Gasteiger partial charge in [-0.05, 0) is 49.4 Å². The Morgan fingerprint density at radius 1 is 0.657 bits per heavy atom. The third-order valence-corrected chi connectivity index (χ3v) is 7.32. The quantitative estimate of drug-likeness (QED) is 0.289. The Balaban J connectivity index is 1.33. The van der Waals surface area contributed by atoms with Gasteiger partial charge in [0.15, 0.2) is 5.90 Å². The Labute approximate surface area is 205 Å². The van der Waals surface area contributed by atoms with E-state index < -0.39 is 0 Å². The van der Waals surface area contributed by atoms with Crippen LogP contribution in [0.1, 0.15) is 22.7 Å². The largest absolute Gasteiger partial charge is 0.477 e. The number of hydrogen-bond donors (Lipinski definition) is 0. The Morgan fingerprint density at radius 3 is 1.86 bits per heavy atom. The number of aliphatic imine (C=N–C) groups is 1. The summed E-state index contributed by atoms with van der Waals surface area (Å²) in [5, 5.41) is 5.21. The first-order valence-electron chi connectivity index (χ1n) is 12.3. The van der Waals surface area contributed by atoms with E-state index in [2.05, 4.69) is 102 Å². The number of hydrogen-bond acceptors (Lipinski definition) is 3. The molecule has 0 fully saturated rings. The van der Waals surface area contributed by atoms with Gasteiger partial charge in [0.05, 0.1) is 6.54 Å². The molecule has 1 atom stereocenters. The van der Waals surface area contributed by atoms with Gasteiger partial charge in [0.25, 0.3) is 0 Å². The van der Waals surface area contributed by atoms with Gasteiger partial charge in [-0.15, -0.1) is 0 Å². The first-order chi connectivity index (χ1) is 17.3. The lowest BCUT2D eigenvalue weighted by atomic mass is 9.88. The van der Waals surface area contributed by atoms with Crippen molar-refractivity contribution in [3.63, 3.8) is 0 Å². The third kappa shape index (κ3) is 3.60. The van der Waals surface area contributed by atoms with Crippen LogP contribution in [0.25, 0.3) is 32.7 Å². The van der Waals surface area contributed by atoms with E-state index in [1.165, 1.54) is 49.4 Å². The standard InChI is InChI=1S/C32H26N2O/c1-2-10-24(11-3-1)29-21-35-30(33-29)20-34-18-25-16-14-22-8-4-6-12-27(22)31(25)32-26(19-34)17-15-23-9-5-7-13-28(23)32/h1-17,29H,18-21H2/t29-/m1/s1. The fraction of sp³-hybridized carbons (Fsp3) is 0.156. The highest BCUT2D eigenvalue weighted by Crippen LogP contribution is 2.42. The summed E-state index contributed by atoms with van der Waals surface area (Å²) in [7, 11) is 0. The maximum Gasteiger partial charge on any atom is 0.198 e. The number of rotatable bonds is 3. The van der Waals surface area contributed by atoms with Crippen LogP contribution in [0, 0.1) is 0 Å². The van der Waals surface area contributed by atoms with Gasteiger partial charge in [0, 0.05) is 13.1 Å². The Bertz CT molecular complexity index is 1500. The SMILES string of the molecule is c1ccc([C@H]2COC(CN3Cc4ccc5ccccc5c4-c4c(ccc5ccccc45)C3)=N2)cc1. The van der Waals surface area contributed by atoms with Crippen LogP contribution in [0.4, 0.5) is 0 Å². The van der Waals surface area contributed by atoms with Crippen LogP contribution in [0.5, 0.6) is 0 Å². The fourth-order valence-electron chi connectivity index (χ4n) is 5.68. The maximum absolute atomic E-state index is 6.09. The molecule has 5 aromatic carbocycles. The third-order valence-electron chi connectivity index (χ3n) is 7.32. The second-order valence-corrected chi connectivity index (χ2v) is 9.55. The molecule has 2 heterocycles.